The minimum atomic E-state index is -0.313. The number of nitrogens with one attached hydrogen (secondary N) is 2. The Morgan fingerprint density at radius 1 is 0.912 bits per heavy atom. The van der Waals surface area contributed by atoms with Crippen LogP contribution in [0.4, 0.5) is 5.69 Å². The van der Waals surface area contributed by atoms with Gasteiger partial charge in [0.25, 0.3) is 5.91 Å². The summed E-state index contributed by atoms with van der Waals surface area (Å²) < 4.78 is 5.77. The normalized spacial score (nSPS) is 10.9. The Bertz CT molecular complexity index is 1280. The van der Waals surface area contributed by atoms with Crippen molar-refractivity contribution in [3.63, 3.8) is 0 Å². The number of anilines is 1. The number of hydrogen-bond donors (Lipinski definition) is 2. The van der Waals surface area contributed by atoms with E-state index in [9.17, 15) is 9.59 Å². The van der Waals surface area contributed by atoms with Crippen LogP contribution in [-0.2, 0) is 0 Å². The fourth-order valence-corrected chi connectivity index (χ4v) is 3.98. The molecular weight excluding hydrogens is 448 g/mol. The lowest BCUT2D eigenvalue weighted by Gasteiger charge is -2.09. The maximum atomic E-state index is 13.2. The maximum absolute atomic E-state index is 13.2. The van der Waals surface area contributed by atoms with Crippen LogP contribution in [0.15, 0.2) is 72.8 Å². The number of ketones is 1. The molecule has 0 aliphatic carbocycles. The number of halogens is 1. The summed E-state index contributed by atoms with van der Waals surface area (Å²) in [5.41, 5.74) is 2.41. The lowest BCUT2D eigenvalue weighted by molar-refractivity contribution is 0.102. The van der Waals surface area contributed by atoms with E-state index in [1.807, 2.05) is 6.07 Å². The molecule has 1 aromatic heterocycles. The predicted octanol–water partition coefficient (Wildman–Crippen LogP) is 7.26. The predicted molar refractivity (Wildman–Crippen MR) is 137 cm³/mol. The van der Waals surface area contributed by atoms with Crippen molar-refractivity contribution in [3.8, 4) is 5.75 Å². The third-order valence-corrected chi connectivity index (χ3v) is 5.88. The molecule has 0 aliphatic rings. The van der Waals surface area contributed by atoms with Gasteiger partial charge in [0.05, 0.1) is 12.3 Å². The molecule has 0 fully saturated rings. The third kappa shape index (κ3) is 5.49. The number of aromatic amines is 1. The summed E-state index contributed by atoms with van der Waals surface area (Å²) in [4.78, 5) is 29.4. The Labute approximate surface area is 204 Å². The number of rotatable bonds is 10. The van der Waals surface area contributed by atoms with Gasteiger partial charge >= 0.3 is 0 Å². The highest BCUT2D eigenvalue weighted by molar-refractivity contribution is 6.31. The molecule has 3 aromatic carbocycles. The summed E-state index contributed by atoms with van der Waals surface area (Å²) in [6, 6.07) is 21.2. The van der Waals surface area contributed by atoms with Crippen LogP contribution in [0.1, 0.15) is 59.0 Å². The van der Waals surface area contributed by atoms with E-state index >= 15 is 0 Å². The molecule has 0 bridgehead atoms. The van der Waals surface area contributed by atoms with Crippen LogP contribution in [0.25, 0.3) is 10.9 Å². The molecule has 0 unspecified atom stereocenters. The number of H-pyrrole nitrogens is 1. The standard InChI is InChI=1S/C28H27ClN2O3/c1-2-3-4-8-17-34-22-14-11-20(12-15-22)28(33)31-25-23-16-13-21(29)18-24(23)30-26(25)27(32)19-9-6-5-7-10-19/h5-7,9-16,18,30H,2-4,8,17H2,1H3,(H,31,33). The average molecular weight is 475 g/mol. The molecule has 1 heterocycles. The van der Waals surface area contributed by atoms with Crippen LogP contribution in [0.2, 0.25) is 5.02 Å². The number of carbonyl (C=O) groups is 2. The number of benzene rings is 3. The molecule has 0 spiro atoms. The van der Waals surface area contributed by atoms with E-state index in [1.54, 1.807) is 66.7 Å². The van der Waals surface area contributed by atoms with Crippen LogP contribution >= 0.6 is 11.6 Å². The fraction of sp³-hybridized carbons (Fsp3) is 0.214. The molecule has 4 rings (SSSR count). The van der Waals surface area contributed by atoms with Crippen LogP contribution in [0, 0.1) is 0 Å². The molecule has 0 saturated heterocycles. The van der Waals surface area contributed by atoms with E-state index in [2.05, 4.69) is 17.2 Å². The fourth-order valence-electron chi connectivity index (χ4n) is 3.81. The lowest BCUT2D eigenvalue weighted by atomic mass is 10.1. The van der Waals surface area contributed by atoms with Gasteiger partial charge in [0.1, 0.15) is 11.4 Å². The maximum Gasteiger partial charge on any atom is 0.255 e. The first-order valence-electron chi connectivity index (χ1n) is 11.5. The number of unbranched alkanes of at least 4 members (excludes halogenated alkanes) is 3. The number of amides is 1. The Kier molecular flexibility index (Phi) is 7.65. The Hall–Kier alpha value is -3.57. The average Bonchev–Trinajstić information content (AvgIpc) is 3.21. The van der Waals surface area contributed by atoms with Crippen molar-refractivity contribution in [1.82, 2.24) is 4.98 Å². The molecular formula is C28H27ClN2O3. The first-order chi connectivity index (χ1) is 16.6. The van der Waals surface area contributed by atoms with Gasteiger partial charge in [-0.3, -0.25) is 9.59 Å². The van der Waals surface area contributed by atoms with E-state index in [4.69, 9.17) is 16.3 Å². The second-order valence-electron chi connectivity index (χ2n) is 8.15. The Balaban J connectivity index is 1.55. The van der Waals surface area contributed by atoms with Gasteiger partial charge in [0.15, 0.2) is 0 Å². The lowest BCUT2D eigenvalue weighted by Crippen LogP contribution is -2.14. The van der Waals surface area contributed by atoms with E-state index < -0.39 is 0 Å². The largest absolute Gasteiger partial charge is 0.494 e. The molecule has 1 amide bonds. The number of ether oxygens (including phenoxy) is 1. The molecule has 34 heavy (non-hydrogen) atoms. The van der Waals surface area contributed by atoms with Crippen molar-refractivity contribution >= 4 is 39.9 Å². The van der Waals surface area contributed by atoms with Crippen LogP contribution < -0.4 is 10.1 Å². The molecule has 0 atom stereocenters. The molecule has 0 saturated carbocycles. The summed E-state index contributed by atoms with van der Waals surface area (Å²) in [5.74, 6) is 0.206. The van der Waals surface area contributed by atoms with Crippen molar-refractivity contribution in [1.29, 1.82) is 0 Å². The van der Waals surface area contributed by atoms with E-state index in [-0.39, 0.29) is 11.7 Å². The van der Waals surface area contributed by atoms with E-state index in [1.165, 1.54) is 12.8 Å². The van der Waals surface area contributed by atoms with Crippen LogP contribution in [0.5, 0.6) is 5.75 Å². The second-order valence-corrected chi connectivity index (χ2v) is 8.58. The second kappa shape index (κ2) is 11.0. The Morgan fingerprint density at radius 3 is 2.41 bits per heavy atom. The number of hydrogen-bond acceptors (Lipinski definition) is 3. The van der Waals surface area contributed by atoms with Crippen molar-refractivity contribution in [2.75, 3.05) is 11.9 Å². The summed E-state index contributed by atoms with van der Waals surface area (Å²) in [6.07, 6.45) is 4.55. The summed E-state index contributed by atoms with van der Waals surface area (Å²) in [5, 5.41) is 4.18. The molecule has 0 radical (unpaired) electrons. The molecule has 2 N–H and O–H groups in total. The van der Waals surface area contributed by atoms with Gasteiger partial charge < -0.3 is 15.0 Å². The summed E-state index contributed by atoms with van der Waals surface area (Å²) in [6.45, 7) is 2.84. The Morgan fingerprint density at radius 2 is 1.68 bits per heavy atom. The minimum absolute atomic E-state index is 0.213. The number of fused-ring (bicyclic) bond motifs is 1. The van der Waals surface area contributed by atoms with Gasteiger partial charge in [-0.15, -0.1) is 0 Å². The summed E-state index contributed by atoms with van der Waals surface area (Å²) >= 11 is 6.15. The van der Waals surface area contributed by atoms with Gasteiger partial charge in [0, 0.05) is 27.1 Å². The third-order valence-electron chi connectivity index (χ3n) is 5.65. The van der Waals surface area contributed by atoms with Gasteiger partial charge in [0.2, 0.25) is 5.78 Å². The van der Waals surface area contributed by atoms with Crippen LogP contribution in [0.3, 0.4) is 0 Å². The zero-order valence-electron chi connectivity index (χ0n) is 19.1. The topological polar surface area (TPSA) is 71.2 Å². The molecule has 5 nitrogen and oxygen atoms in total. The molecule has 174 valence electrons. The molecule has 6 heteroatoms. The first kappa shape index (κ1) is 23.6. The quantitative estimate of drug-likeness (QED) is 0.187. The number of carbonyl (C=O) groups excluding carboxylic acids is 2. The van der Waals surface area contributed by atoms with Crippen molar-refractivity contribution < 1.29 is 14.3 Å². The van der Waals surface area contributed by atoms with Gasteiger partial charge in [-0.05, 0) is 48.9 Å². The van der Waals surface area contributed by atoms with Gasteiger partial charge in [-0.2, -0.15) is 0 Å². The zero-order valence-corrected chi connectivity index (χ0v) is 19.8. The summed E-state index contributed by atoms with van der Waals surface area (Å²) in [7, 11) is 0. The molecule has 4 aromatic rings. The van der Waals surface area contributed by atoms with E-state index in [0.717, 1.165) is 18.6 Å². The minimum Gasteiger partial charge on any atom is -0.494 e. The first-order valence-corrected chi connectivity index (χ1v) is 11.9. The molecule has 0 aliphatic heterocycles. The van der Waals surface area contributed by atoms with Crippen molar-refractivity contribution in [2.24, 2.45) is 0 Å². The van der Waals surface area contributed by atoms with Crippen molar-refractivity contribution in [2.45, 2.75) is 32.6 Å². The van der Waals surface area contributed by atoms with Gasteiger partial charge in [-0.25, -0.2) is 0 Å². The SMILES string of the molecule is CCCCCCOc1ccc(C(=O)Nc2c(C(=O)c3ccccc3)[nH]c3cc(Cl)ccc23)cc1. The van der Waals surface area contributed by atoms with Crippen LogP contribution in [-0.4, -0.2) is 23.3 Å². The monoisotopic (exact) mass is 474 g/mol. The zero-order chi connectivity index (χ0) is 23.9. The van der Waals surface area contributed by atoms with Gasteiger partial charge in [-0.1, -0.05) is 68.1 Å². The highest BCUT2D eigenvalue weighted by Gasteiger charge is 2.21. The van der Waals surface area contributed by atoms with Crippen molar-refractivity contribution in [3.05, 3.63) is 94.6 Å². The highest BCUT2D eigenvalue weighted by atomic mass is 35.5. The highest BCUT2D eigenvalue weighted by Crippen LogP contribution is 2.32. The smallest absolute Gasteiger partial charge is 0.255 e. The van der Waals surface area contributed by atoms with E-state index in [0.29, 0.717) is 45.0 Å². The number of aromatic nitrogens is 1.